The predicted octanol–water partition coefficient (Wildman–Crippen LogP) is 1.43. The van der Waals surface area contributed by atoms with Crippen molar-refractivity contribution >= 4 is 21.1 Å². The number of hydrogen-bond acceptors (Lipinski definition) is 5. The number of rotatable bonds is 3. The maximum absolute atomic E-state index is 13.0. The highest BCUT2D eigenvalue weighted by Gasteiger charge is 2.31. The molecule has 1 aliphatic rings. The number of piperidine rings is 1. The van der Waals surface area contributed by atoms with Crippen LogP contribution in [0, 0.1) is 0 Å². The van der Waals surface area contributed by atoms with E-state index in [1.165, 1.54) is 21.0 Å². The van der Waals surface area contributed by atoms with Gasteiger partial charge in [-0.25, -0.2) is 13.2 Å². The van der Waals surface area contributed by atoms with Gasteiger partial charge in [-0.05, 0) is 31.0 Å². The Morgan fingerprint density at radius 3 is 2.54 bits per heavy atom. The van der Waals surface area contributed by atoms with Gasteiger partial charge in [-0.15, -0.1) is 0 Å². The van der Waals surface area contributed by atoms with Gasteiger partial charge < -0.3 is 4.42 Å². The van der Waals surface area contributed by atoms with Crippen LogP contribution in [0.4, 0.5) is 0 Å². The molecule has 0 unspecified atom stereocenters. The first kappa shape index (κ1) is 17.0. The molecule has 0 radical (unpaired) electrons. The summed E-state index contributed by atoms with van der Waals surface area (Å²) in [5.41, 5.74) is 1.99. The van der Waals surface area contributed by atoms with Crippen molar-refractivity contribution in [3.63, 3.8) is 0 Å². The van der Waals surface area contributed by atoms with Crippen molar-refractivity contribution in [2.45, 2.75) is 23.7 Å². The lowest BCUT2D eigenvalue weighted by Crippen LogP contribution is -2.38. The number of oxazole rings is 1. The van der Waals surface area contributed by atoms with Crippen molar-refractivity contribution in [3.8, 4) is 0 Å². The molecule has 26 heavy (non-hydrogen) atoms. The normalized spacial score (nSPS) is 17.2. The molecule has 1 aliphatic heterocycles. The third kappa shape index (κ3) is 2.67. The summed E-state index contributed by atoms with van der Waals surface area (Å²) in [5, 5.41) is 4.19. The number of nitrogens with zero attached hydrogens (tertiary/aromatic N) is 4. The second kappa shape index (κ2) is 6.10. The van der Waals surface area contributed by atoms with Crippen molar-refractivity contribution in [3.05, 3.63) is 46.7 Å². The second-order valence-corrected chi connectivity index (χ2v) is 8.55. The molecule has 0 amide bonds. The van der Waals surface area contributed by atoms with Gasteiger partial charge in [0.25, 0.3) is 0 Å². The minimum Gasteiger partial charge on any atom is -0.408 e. The van der Waals surface area contributed by atoms with Gasteiger partial charge in [-0.3, -0.25) is 9.25 Å². The van der Waals surface area contributed by atoms with Crippen LogP contribution in [0.2, 0.25) is 0 Å². The highest BCUT2D eigenvalue weighted by molar-refractivity contribution is 7.89. The minimum atomic E-state index is -3.62. The zero-order valence-corrected chi connectivity index (χ0v) is 15.4. The second-order valence-electron chi connectivity index (χ2n) is 6.61. The molecule has 3 aromatic rings. The Morgan fingerprint density at radius 2 is 1.88 bits per heavy atom. The van der Waals surface area contributed by atoms with Crippen molar-refractivity contribution in [1.82, 2.24) is 18.7 Å². The fourth-order valence-electron chi connectivity index (χ4n) is 3.60. The Bertz CT molecular complexity index is 1120. The van der Waals surface area contributed by atoms with Gasteiger partial charge in [0.1, 0.15) is 0 Å². The Labute approximate surface area is 150 Å². The third-order valence-electron chi connectivity index (χ3n) is 5.13. The maximum atomic E-state index is 13.0. The molecule has 0 aliphatic carbocycles. The van der Waals surface area contributed by atoms with E-state index in [0.717, 1.165) is 18.5 Å². The van der Waals surface area contributed by atoms with Crippen LogP contribution in [0.1, 0.15) is 24.5 Å². The molecule has 138 valence electrons. The van der Waals surface area contributed by atoms with Crippen LogP contribution in [0.25, 0.3) is 11.1 Å². The summed E-state index contributed by atoms with van der Waals surface area (Å²) in [6, 6.07) is 6.55. The molecule has 0 spiro atoms. The van der Waals surface area contributed by atoms with Crippen molar-refractivity contribution < 1.29 is 12.8 Å². The molecule has 2 aromatic heterocycles. The molecule has 1 saturated heterocycles. The van der Waals surface area contributed by atoms with E-state index in [1.807, 2.05) is 17.8 Å². The van der Waals surface area contributed by atoms with Gasteiger partial charge in [0.2, 0.25) is 10.0 Å². The number of hydrogen-bond donors (Lipinski definition) is 0. The van der Waals surface area contributed by atoms with Gasteiger partial charge in [-0.2, -0.15) is 9.40 Å². The highest BCUT2D eigenvalue weighted by Crippen LogP contribution is 2.31. The molecule has 0 saturated carbocycles. The zero-order chi connectivity index (χ0) is 18.5. The van der Waals surface area contributed by atoms with Gasteiger partial charge in [0.15, 0.2) is 5.58 Å². The first-order valence-electron chi connectivity index (χ1n) is 8.45. The third-order valence-corrected chi connectivity index (χ3v) is 7.03. The van der Waals surface area contributed by atoms with Crippen LogP contribution in [-0.4, -0.2) is 40.2 Å². The Kier molecular flexibility index (Phi) is 4.00. The molecule has 0 atom stereocenters. The molecule has 0 N–H and O–H groups in total. The molecular weight excluding hydrogens is 356 g/mol. The molecule has 3 heterocycles. The van der Waals surface area contributed by atoms with E-state index in [-0.39, 0.29) is 10.5 Å². The predicted molar refractivity (Wildman–Crippen MR) is 95.4 cm³/mol. The molecule has 8 nitrogen and oxygen atoms in total. The molecule has 1 aromatic carbocycles. The summed E-state index contributed by atoms with van der Waals surface area (Å²) in [4.78, 5) is 11.8. The summed E-state index contributed by atoms with van der Waals surface area (Å²) >= 11 is 0. The van der Waals surface area contributed by atoms with Crippen LogP contribution < -0.4 is 5.76 Å². The Balaban J connectivity index is 1.58. The van der Waals surface area contributed by atoms with Gasteiger partial charge in [-0.1, -0.05) is 0 Å². The first-order chi connectivity index (χ1) is 12.4. The van der Waals surface area contributed by atoms with Gasteiger partial charge in [0.05, 0.1) is 10.4 Å². The van der Waals surface area contributed by atoms with E-state index in [0.29, 0.717) is 24.5 Å². The topological polar surface area (TPSA) is 90.3 Å². The average Bonchev–Trinajstić information content (AvgIpc) is 3.18. The van der Waals surface area contributed by atoms with Crippen LogP contribution in [0.5, 0.6) is 0 Å². The van der Waals surface area contributed by atoms with E-state index in [9.17, 15) is 13.2 Å². The highest BCUT2D eigenvalue weighted by atomic mass is 32.2. The van der Waals surface area contributed by atoms with Crippen LogP contribution in [0.15, 0.2) is 44.6 Å². The summed E-state index contributed by atoms with van der Waals surface area (Å²) in [5.74, 6) is -0.199. The number of benzene rings is 1. The lowest BCUT2D eigenvalue weighted by atomic mass is 9.95. The molecular formula is C17H20N4O4S. The Morgan fingerprint density at radius 1 is 1.15 bits per heavy atom. The lowest BCUT2D eigenvalue weighted by molar-refractivity contribution is 0.313. The fourth-order valence-corrected chi connectivity index (χ4v) is 5.09. The van der Waals surface area contributed by atoms with E-state index in [2.05, 4.69) is 5.10 Å². The van der Waals surface area contributed by atoms with Crippen LogP contribution >= 0.6 is 0 Å². The van der Waals surface area contributed by atoms with E-state index < -0.39 is 15.8 Å². The molecule has 0 bridgehead atoms. The SMILES string of the molecule is Cn1nccc1C1CCN(S(=O)(=O)c2ccc3c(c2)oc(=O)n3C)CC1. The monoisotopic (exact) mass is 376 g/mol. The number of fused-ring (bicyclic) bond motifs is 1. The van der Waals surface area contributed by atoms with Crippen molar-refractivity contribution in [1.29, 1.82) is 0 Å². The molecule has 1 fully saturated rings. The smallest absolute Gasteiger partial charge is 0.408 e. The zero-order valence-electron chi connectivity index (χ0n) is 14.6. The quantitative estimate of drug-likeness (QED) is 0.690. The largest absolute Gasteiger partial charge is 0.419 e. The fraction of sp³-hybridized carbons (Fsp3) is 0.412. The van der Waals surface area contributed by atoms with E-state index in [1.54, 1.807) is 19.3 Å². The number of aryl methyl sites for hydroxylation is 2. The summed E-state index contributed by atoms with van der Waals surface area (Å²) in [6.07, 6.45) is 3.27. The lowest BCUT2D eigenvalue weighted by Gasteiger charge is -2.31. The van der Waals surface area contributed by atoms with Crippen molar-refractivity contribution in [2.24, 2.45) is 14.1 Å². The minimum absolute atomic E-state index is 0.151. The molecule has 4 rings (SSSR count). The van der Waals surface area contributed by atoms with E-state index in [4.69, 9.17) is 4.42 Å². The summed E-state index contributed by atoms with van der Waals surface area (Å²) in [7, 11) is -0.127. The maximum Gasteiger partial charge on any atom is 0.419 e. The van der Waals surface area contributed by atoms with Gasteiger partial charge in [0, 0.05) is 51.1 Å². The first-order valence-corrected chi connectivity index (χ1v) is 9.89. The summed E-state index contributed by atoms with van der Waals surface area (Å²) in [6.45, 7) is 0.907. The van der Waals surface area contributed by atoms with Crippen molar-refractivity contribution in [2.75, 3.05) is 13.1 Å². The van der Waals surface area contributed by atoms with E-state index >= 15 is 0 Å². The number of aromatic nitrogens is 3. The average molecular weight is 376 g/mol. The molecule has 9 heteroatoms. The van der Waals surface area contributed by atoms with Crippen LogP contribution in [-0.2, 0) is 24.1 Å². The standard InChI is InChI=1S/C17H20N4O4S/c1-19-15-4-3-13(11-16(15)25-17(19)22)26(23,24)21-9-6-12(7-10-21)14-5-8-18-20(14)2/h3-5,8,11-12H,6-7,9-10H2,1-2H3. The summed E-state index contributed by atoms with van der Waals surface area (Å²) < 4.78 is 35.7. The number of sulfonamides is 1. The van der Waals surface area contributed by atoms with Crippen LogP contribution in [0.3, 0.4) is 0 Å². The Hall–Kier alpha value is -2.39. The van der Waals surface area contributed by atoms with Gasteiger partial charge >= 0.3 is 5.76 Å².